The van der Waals surface area contributed by atoms with Gasteiger partial charge in [0.05, 0.1) is 31.1 Å². The van der Waals surface area contributed by atoms with E-state index in [2.05, 4.69) is 16.9 Å². The van der Waals surface area contributed by atoms with E-state index in [-0.39, 0.29) is 6.04 Å². The maximum atomic E-state index is 5.82. The number of allylic oxidation sites excluding steroid dienone is 1. The molecule has 0 aliphatic rings. The third kappa shape index (κ3) is 2.37. The molecule has 1 atom stereocenters. The number of hydrogen-bond donors (Lipinski definition) is 1. The van der Waals surface area contributed by atoms with Crippen molar-refractivity contribution in [3.63, 3.8) is 0 Å². The summed E-state index contributed by atoms with van der Waals surface area (Å²) in [5.41, 5.74) is 6.68. The van der Waals surface area contributed by atoms with Crippen molar-refractivity contribution in [1.29, 1.82) is 0 Å². The van der Waals surface area contributed by atoms with E-state index in [0.29, 0.717) is 13.2 Å². The van der Waals surface area contributed by atoms with Crippen LogP contribution in [-0.2, 0) is 11.3 Å². The van der Waals surface area contributed by atoms with Gasteiger partial charge in [-0.1, -0.05) is 11.3 Å². The highest BCUT2D eigenvalue weighted by atomic mass is 16.5. The van der Waals surface area contributed by atoms with Crippen molar-refractivity contribution in [2.24, 2.45) is 5.73 Å². The summed E-state index contributed by atoms with van der Waals surface area (Å²) in [6.07, 6.45) is 3.39. The fourth-order valence-corrected chi connectivity index (χ4v) is 1.08. The molecule has 72 valence electrons. The van der Waals surface area contributed by atoms with Crippen LogP contribution >= 0.6 is 0 Å². The Balaban J connectivity index is 2.73. The van der Waals surface area contributed by atoms with E-state index in [1.165, 1.54) is 0 Å². The number of nitrogens with two attached hydrogens (primary N) is 1. The third-order valence-electron chi connectivity index (χ3n) is 1.68. The van der Waals surface area contributed by atoms with E-state index < -0.39 is 0 Å². The SMILES string of the molecule is C=CCn1nncc1[C@H](N)COC. The lowest BCUT2D eigenvalue weighted by atomic mass is 10.2. The molecular formula is C8H14N4O. The Morgan fingerprint density at radius 1 is 1.85 bits per heavy atom. The molecule has 0 unspecified atom stereocenters. The van der Waals surface area contributed by atoms with E-state index in [1.54, 1.807) is 24.1 Å². The predicted octanol–water partition coefficient (Wildman–Crippen LogP) is 0.110. The normalized spacial score (nSPS) is 12.8. The molecule has 5 heteroatoms. The minimum absolute atomic E-state index is 0.181. The van der Waals surface area contributed by atoms with Crippen LogP contribution in [0.1, 0.15) is 11.7 Å². The molecule has 0 aliphatic carbocycles. The highest BCUT2D eigenvalue weighted by Gasteiger charge is 2.11. The Labute approximate surface area is 77.2 Å². The highest BCUT2D eigenvalue weighted by Crippen LogP contribution is 2.07. The summed E-state index contributed by atoms with van der Waals surface area (Å²) >= 11 is 0. The van der Waals surface area contributed by atoms with Crippen LogP contribution in [0.25, 0.3) is 0 Å². The average Bonchev–Trinajstić information content (AvgIpc) is 2.54. The van der Waals surface area contributed by atoms with Gasteiger partial charge in [-0.3, -0.25) is 0 Å². The molecule has 2 N–H and O–H groups in total. The number of nitrogens with zero attached hydrogens (tertiary/aromatic N) is 3. The summed E-state index contributed by atoms with van der Waals surface area (Å²) in [5, 5.41) is 7.64. The molecular weight excluding hydrogens is 168 g/mol. The second-order valence-electron chi connectivity index (χ2n) is 2.69. The zero-order chi connectivity index (χ0) is 9.68. The first kappa shape index (κ1) is 9.88. The molecule has 0 spiro atoms. The summed E-state index contributed by atoms with van der Waals surface area (Å²) in [6.45, 7) is 4.70. The van der Waals surface area contributed by atoms with Crippen LogP contribution in [0.2, 0.25) is 0 Å². The van der Waals surface area contributed by atoms with Crippen molar-refractivity contribution in [2.45, 2.75) is 12.6 Å². The van der Waals surface area contributed by atoms with Gasteiger partial charge in [-0.25, -0.2) is 4.68 Å². The Kier molecular flexibility index (Phi) is 3.60. The summed E-state index contributed by atoms with van der Waals surface area (Å²) in [5.74, 6) is 0. The monoisotopic (exact) mass is 182 g/mol. The number of hydrogen-bond acceptors (Lipinski definition) is 4. The molecule has 1 rings (SSSR count). The fourth-order valence-electron chi connectivity index (χ4n) is 1.08. The van der Waals surface area contributed by atoms with Gasteiger partial charge in [0.15, 0.2) is 0 Å². The smallest absolute Gasteiger partial charge is 0.0781 e. The van der Waals surface area contributed by atoms with Crippen LogP contribution in [-0.4, -0.2) is 28.7 Å². The molecule has 0 fully saturated rings. The maximum Gasteiger partial charge on any atom is 0.0781 e. The van der Waals surface area contributed by atoms with Gasteiger partial charge in [0.25, 0.3) is 0 Å². The molecule has 1 aromatic rings. The van der Waals surface area contributed by atoms with Gasteiger partial charge >= 0.3 is 0 Å². The molecule has 13 heavy (non-hydrogen) atoms. The lowest BCUT2D eigenvalue weighted by Gasteiger charge is -2.10. The van der Waals surface area contributed by atoms with Crippen LogP contribution in [0.15, 0.2) is 18.9 Å². The number of aromatic nitrogens is 3. The number of rotatable bonds is 5. The fraction of sp³-hybridized carbons (Fsp3) is 0.500. The minimum atomic E-state index is -0.181. The largest absolute Gasteiger partial charge is 0.383 e. The molecule has 0 saturated carbocycles. The molecule has 1 aromatic heterocycles. The van der Waals surface area contributed by atoms with E-state index >= 15 is 0 Å². The van der Waals surface area contributed by atoms with Gasteiger partial charge in [-0.2, -0.15) is 0 Å². The predicted molar refractivity (Wildman–Crippen MR) is 49.0 cm³/mol. The van der Waals surface area contributed by atoms with Gasteiger partial charge in [-0.05, 0) is 0 Å². The number of ether oxygens (including phenoxy) is 1. The lowest BCUT2D eigenvalue weighted by molar-refractivity contribution is 0.178. The summed E-state index contributed by atoms with van der Waals surface area (Å²) in [4.78, 5) is 0. The summed E-state index contributed by atoms with van der Waals surface area (Å²) in [7, 11) is 1.61. The van der Waals surface area contributed by atoms with Gasteiger partial charge in [0, 0.05) is 7.11 Å². The quantitative estimate of drug-likeness (QED) is 0.656. The van der Waals surface area contributed by atoms with Gasteiger partial charge in [-0.15, -0.1) is 11.7 Å². The molecule has 5 nitrogen and oxygen atoms in total. The van der Waals surface area contributed by atoms with Crippen molar-refractivity contribution in [3.05, 3.63) is 24.5 Å². The van der Waals surface area contributed by atoms with Gasteiger partial charge < -0.3 is 10.5 Å². The maximum absolute atomic E-state index is 5.82. The third-order valence-corrected chi connectivity index (χ3v) is 1.68. The Morgan fingerprint density at radius 3 is 3.23 bits per heavy atom. The molecule has 1 heterocycles. The first-order chi connectivity index (χ1) is 6.29. The van der Waals surface area contributed by atoms with Crippen molar-refractivity contribution < 1.29 is 4.74 Å². The van der Waals surface area contributed by atoms with Crippen LogP contribution in [0.3, 0.4) is 0 Å². The Hall–Kier alpha value is -1.20. The van der Waals surface area contributed by atoms with Crippen LogP contribution in [0.4, 0.5) is 0 Å². The minimum Gasteiger partial charge on any atom is -0.383 e. The van der Waals surface area contributed by atoms with Crippen LogP contribution < -0.4 is 5.73 Å². The van der Waals surface area contributed by atoms with Crippen molar-refractivity contribution in [3.8, 4) is 0 Å². The highest BCUT2D eigenvalue weighted by molar-refractivity contribution is 5.01. The molecule has 0 saturated heterocycles. The Morgan fingerprint density at radius 2 is 2.62 bits per heavy atom. The second-order valence-corrected chi connectivity index (χ2v) is 2.69. The summed E-state index contributed by atoms with van der Waals surface area (Å²) in [6, 6.07) is -0.181. The molecule has 0 bridgehead atoms. The van der Waals surface area contributed by atoms with Gasteiger partial charge in [0.1, 0.15) is 0 Å². The average molecular weight is 182 g/mol. The lowest BCUT2D eigenvalue weighted by Crippen LogP contribution is -2.20. The van der Waals surface area contributed by atoms with Crippen molar-refractivity contribution >= 4 is 0 Å². The standard InChI is InChI=1S/C8H14N4O/c1-3-4-12-8(5-10-11-12)7(9)6-13-2/h3,5,7H,1,4,6,9H2,2H3/t7-/m1/s1. The molecule has 0 radical (unpaired) electrons. The second kappa shape index (κ2) is 4.74. The van der Waals surface area contributed by atoms with Crippen molar-refractivity contribution in [1.82, 2.24) is 15.0 Å². The first-order valence-corrected chi connectivity index (χ1v) is 4.03. The van der Waals surface area contributed by atoms with E-state index in [1.807, 2.05) is 0 Å². The van der Waals surface area contributed by atoms with Crippen LogP contribution in [0.5, 0.6) is 0 Å². The molecule has 0 amide bonds. The van der Waals surface area contributed by atoms with Crippen LogP contribution in [0, 0.1) is 0 Å². The molecule has 0 aliphatic heterocycles. The zero-order valence-corrected chi connectivity index (χ0v) is 7.68. The first-order valence-electron chi connectivity index (χ1n) is 4.03. The summed E-state index contributed by atoms with van der Waals surface area (Å²) < 4.78 is 6.65. The van der Waals surface area contributed by atoms with E-state index in [0.717, 1.165) is 5.69 Å². The Bertz CT molecular complexity index is 271. The van der Waals surface area contributed by atoms with Gasteiger partial charge in [0.2, 0.25) is 0 Å². The van der Waals surface area contributed by atoms with E-state index in [4.69, 9.17) is 10.5 Å². The topological polar surface area (TPSA) is 66.0 Å². The van der Waals surface area contributed by atoms with Crippen molar-refractivity contribution in [2.75, 3.05) is 13.7 Å². The van der Waals surface area contributed by atoms with E-state index in [9.17, 15) is 0 Å². The zero-order valence-electron chi connectivity index (χ0n) is 7.68. The number of methoxy groups -OCH3 is 1. The molecule has 0 aromatic carbocycles.